The molecule has 3 aromatic rings. The van der Waals surface area contributed by atoms with Crippen molar-refractivity contribution >= 4 is 40.9 Å². The number of anilines is 1. The Morgan fingerprint density at radius 1 is 1.15 bits per heavy atom. The van der Waals surface area contributed by atoms with Crippen LogP contribution in [0.15, 0.2) is 46.9 Å². The van der Waals surface area contributed by atoms with Gasteiger partial charge in [-0.05, 0) is 42.8 Å². The molecule has 8 nitrogen and oxygen atoms in total. The number of hydrogen-bond donors (Lipinski definition) is 2. The number of nitrogens with zero attached hydrogens (tertiary/aromatic N) is 2. The first-order chi connectivity index (χ1) is 15.7. The number of aromatic nitrogens is 1. The molecule has 0 saturated heterocycles. The number of aliphatic carboxylic acids is 1. The molecule has 0 spiro atoms. The molecule has 0 radical (unpaired) electrons. The van der Waals surface area contributed by atoms with E-state index in [0.29, 0.717) is 46.0 Å². The van der Waals surface area contributed by atoms with E-state index in [4.69, 9.17) is 32.4 Å². The van der Waals surface area contributed by atoms with Gasteiger partial charge in [0.2, 0.25) is 0 Å². The molecule has 1 heterocycles. The fourth-order valence-electron chi connectivity index (χ4n) is 3.21. The van der Waals surface area contributed by atoms with Gasteiger partial charge in [0, 0.05) is 35.6 Å². The second-order valence-electron chi connectivity index (χ2n) is 7.32. The topological polar surface area (TPSA) is 105 Å². The summed E-state index contributed by atoms with van der Waals surface area (Å²) in [6.45, 7) is 3.61. The van der Waals surface area contributed by atoms with Crippen LogP contribution in [0.2, 0.25) is 10.0 Å². The van der Waals surface area contributed by atoms with Gasteiger partial charge < -0.3 is 24.5 Å². The minimum atomic E-state index is -1.14. The van der Waals surface area contributed by atoms with Crippen molar-refractivity contribution < 1.29 is 23.8 Å². The highest BCUT2D eigenvalue weighted by Crippen LogP contribution is 2.23. The average molecular weight is 492 g/mol. The van der Waals surface area contributed by atoms with Crippen LogP contribution in [-0.2, 0) is 17.8 Å². The first-order valence-electron chi connectivity index (χ1n) is 10.1. The third-order valence-electron chi connectivity index (χ3n) is 4.61. The minimum absolute atomic E-state index is 0.0607. The van der Waals surface area contributed by atoms with Gasteiger partial charge in [-0.2, -0.15) is 0 Å². The molecule has 0 atom stereocenters. The Balaban J connectivity index is 1.65. The molecule has 2 amide bonds. The van der Waals surface area contributed by atoms with Gasteiger partial charge in [0.15, 0.2) is 5.89 Å². The van der Waals surface area contributed by atoms with Gasteiger partial charge >= 0.3 is 12.0 Å². The molecule has 0 bridgehead atoms. The Morgan fingerprint density at radius 2 is 1.88 bits per heavy atom. The van der Waals surface area contributed by atoms with E-state index in [1.54, 1.807) is 31.2 Å². The van der Waals surface area contributed by atoms with Crippen molar-refractivity contribution in [2.45, 2.75) is 26.8 Å². The summed E-state index contributed by atoms with van der Waals surface area (Å²) in [6.07, 6.45) is 0.586. The van der Waals surface area contributed by atoms with E-state index in [1.165, 1.54) is 18.2 Å². The first kappa shape index (κ1) is 24.4. The maximum absolute atomic E-state index is 12.7. The number of hydrogen-bond acceptors (Lipinski definition) is 5. The molecule has 3 rings (SSSR count). The molecule has 1 aromatic heterocycles. The molecule has 0 fully saturated rings. The number of ether oxygens (including phenoxy) is 1. The van der Waals surface area contributed by atoms with Crippen LogP contribution in [0.5, 0.6) is 5.75 Å². The van der Waals surface area contributed by atoms with Crippen molar-refractivity contribution in [1.82, 2.24) is 9.88 Å². The summed E-state index contributed by atoms with van der Waals surface area (Å²) in [5.74, 6) is 0.838. The fraction of sp³-hybridized carbons (Fsp3) is 0.261. The third-order valence-corrected chi connectivity index (χ3v) is 5.04. The number of carboxylic acid groups (broad SMARTS) is 1. The number of carboxylic acids is 1. The van der Waals surface area contributed by atoms with Crippen molar-refractivity contribution in [3.63, 3.8) is 0 Å². The summed E-state index contributed by atoms with van der Waals surface area (Å²) < 4.78 is 11.2. The van der Waals surface area contributed by atoms with E-state index >= 15 is 0 Å². The van der Waals surface area contributed by atoms with E-state index in [0.717, 1.165) is 16.4 Å². The van der Waals surface area contributed by atoms with Gasteiger partial charge in [-0.1, -0.05) is 35.3 Å². The maximum Gasteiger partial charge on any atom is 0.323 e. The predicted molar refractivity (Wildman–Crippen MR) is 125 cm³/mol. The third kappa shape index (κ3) is 7.40. The molecular formula is C23H23Cl2N3O5. The van der Waals surface area contributed by atoms with Gasteiger partial charge in [-0.25, -0.2) is 9.78 Å². The molecule has 0 unspecified atom stereocenters. The summed E-state index contributed by atoms with van der Waals surface area (Å²) in [7, 11) is 0. The Bertz CT molecular complexity index is 1130. The lowest BCUT2D eigenvalue weighted by Crippen LogP contribution is -2.38. The van der Waals surface area contributed by atoms with Gasteiger partial charge in [0.05, 0.1) is 12.3 Å². The van der Waals surface area contributed by atoms with Crippen LogP contribution in [0.4, 0.5) is 10.5 Å². The highest BCUT2D eigenvalue weighted by atomic mass is 35.5. The average Bonchev–Trinajstić information content (AvgIpc) is 3.03. The van der Waals surface area contributed by atoms with E-state index in [2.05, 4.69) is 10.3 Å². The second-order valence-corrected chi connectivity index (χ2v) is 8.19. The summed E-state index contributed by atoms with van der Waals surface area (Å²) >= 11 is 11.9. The molecule has 174 valence electrons. The number of rotatable bonds is 9. The highest BCUT2D eigenvalue weighted by molar-refractivity contribution is 6.35. The summed E-state index contributed by atoms with van der Waals surface area (Å²) in [4.78, 5) is 29.6. The number of carbonyl (C=O) groups is 2. The first-order valence-corrected chi connectivity index (χ1v) is 10.8. The smallest absolute Gasteiger partial charge is 0.323 e. The number of halogens is 2. The van der Waals surface area contributed by atoms with Crippen LogP contribution in [-0.4, -0.2) is 40.1 Å². The number of oxazole rings is 1. The van der Waals surface area contributed by atoms with Crippen molar-refractivity contribution in [2.75, 3.05) is 18.5 Å². The van der Waals surface area contributed by atoms with Crippen molar-refractivity contribution in [2.24, 2.45) is 0 Å². The standard InChI is InChI=1S/C23H23Cl2N3O5/c1-14-21(26-15(2)33-14)6-7-32-20-5-3-4-16(8-20)12-28(13-22(29)30)23(31)27-19-10-17(24)9-18(25)11-19/h3-5,8-11H,6-7,12-13H2,1-2H3,(H,27,31)(H,29,30). The van der Waals surface area contributed by atoms with Crippen LogP contribution >= 0.6 is 23.2 Å². The number of amides is 2. The molecule has 2 N–H and O–H groups in total. The van der Waals surface area contributed by atoms with Crippen molar-refractivity contribution in [1.29, 1.82) is 0 Å². The van der Waals surface area contributed by atoms with Crippen LogP contribution in [0.1, 0.15) is 22.9 Å². The van der Waals surface area contributed by atoms with E-state index in [9.17, 15) is 14.7 Å². The van der Waals surface area contributed by atoms with Gasteiger partial charge in [-0.15, -0.1) is 0 Å². The lowest BCUT2D eigenvalue weighted by molar-refractivity contribution is -0.137. The van der Waals surface area contributed by atoms with Gasteiger partial charge in [0.1, 0.15) is 18.1 Å². The van der Waals surface area contributed by atoms with Crippen LogP contribution in [0.25, 0.3) is 0 Å². The zero-order valence-corrected chi connectivity index (χ0v) is 19.6. The number of nitrogens with one attached hydrogen (secondary N) is 1. The molecule has 0 aliphatic heterocycles. The predicted octanol–water partition coefficient (Wildman–Crippen LogP) is 5.34. The van der Waals surface area contributed by atoms with E-state index < -0.39 is 18.5 Å². The van der Waals surface area contributed by atoms with E-state index in [-0.39, 0.29) is 6.54 Å². The molecule has 10 heteroatoms. The van der Waals surface area contributed by atoms with Crippen molar-refractivity contribution in [3.05, 3.63) is 75.4 Å². The summed E-state index contributed by atoms with van der Waals surface area (Å²) in [5, 5.41) is 12.6. The SMILES string of the molecule is Cc1nc(CCOc2cccc(CN(CC(=O)O)C(=O)Nc3cc(Cl)cc(Cl)c3)c2)c(C)o1. The Hall–Kier alpha value is -3.23. The highest BCUT2D eigenvalue weighted by Gasteiger charge is 2.18. The molecule has 33 heavy (non-hydrogen) atoms. The largest absolute Gasteiger partial charge is 0.493 e. The normalized spacial score (nSPS) is 10.7. The maximum atomic E-state index is 12.7. The molecular weight excluding hydrogens is 469 g/mol. The number of aryl methyl sites for hydroxylation is 2. The Labute approximate surface area is 201 Å². The molecule has 0 aliphatic rings. The lowest BCUT2D eigenvalue weighted by atomic mass is 10.2. The number of benzene rings is 2. The summed E-state index contributed by atoms with van der Waals surface area (Å²) in [6, 6.07) is 11.1. The number of carbonyl (C=O) groups excluding carboxylic acids is 1. The second kappa shape index (κ2) is 11.1. The van der Waals surface area contributed by atoms with Crippen LogP contribution in [0.3, 0.4) is 0 Å². The molecule has 0 aliphatic carbocycles. The number of urea groups is 1. The minimum Gasteiger partial charge on any atom is -0.493 e. The molecule has 2 aromatic carbocycles. The lowest BCUT2D eigenvalue weighted by Gasteiger charge is -2.22. The van der Waals surface area contributed by atoms with Crippen LogP contribution < -0.4 is 10.1 Å². The zero-order valence-electron chi connectivity index (χ0n) is 18.1. The monoisotopic (exact) mass is 491 g/mol. The van der Waals surface area contributed by atoms with E-state index in [1.807, 2.05) is 6.92 Å². The van der Waals surface area contributed by atoms with Crippen LogP contribution in [0, 0.1) is 13.8 Å². The van der Waals surface area contributed by atoms with Gasteiger partial charge in [0.25, 0.3) is 0 Å². The van der Waals surface area contributed by atoms with Crippen molar-refractivity contribution in [3.8, 4) is 5.75 Å². The Morgan fingerprint density at radius 3 is 2.52 bits per heavy atom. The fourth-order valence-corrected chi connectivity index (χ4v) is 3.74. The zero-order chi connectivity index (χ0) is 24.0. The quantitative estimate of drug-likeness (QED) is 0.418. The summed E-state index contributed by atoms with van der Waals surface area (Å²) in [5.41, 5.74) is 1.92. The molecule has 0 saturated carbocycles. The Kier molecular flexibility index (Phi) is 8.19. The van der Waals surface area contributed by atoms with Gasteiger partial charge in [-0.3, -0.25) is 4.79 Å².